The number of amides is 1. The maximum atomic E-state index is 12.3. The van der Waals surface area contributed by atoms with Crippen LogP contribution in [0.4, 0.5) is 0 Å². The average molecular weight is 261 g/mol. The summed E-state index contributed by atoms with van der Waals surface area (Å²) in [6.07, 6.45) is 1.55. The Morgan fingerprint density at radius 1 is 1.42 bits per heavy atom. The van der Waals surface area contributed by atoms with E-state index in [0.29, 0.717) is 5.56 Å². The molecule has 2 rings (SSSR count). The third-order valence-corrected chi connectivity index (χ3v) is 2.86. The van der Waals surface area contributed by atoms with Crippen LogP contribution < -0.4 is 0 Å². The Morgan fingerprint density at radius 3 is 2.79 bits per heavy atom. The molecule has 2 N–H and O–H groups in total. The van der Waals surface area contributed by atoms with Crippen molar-refractivity contribution in [2.45, 2.75) is 19.9 Å². The van der Waals surface area contributed by atoms with Gasteiger partial charge < -0.3 is 15.0 Å². The van der Waals surface area contributed by atoms with Gasteiger partial charge in [0, 0.05) is 11.6 Å². The number of imidazole rings is 1. The van der Waals surface area contributed by atoms with Crippen molar-refractivity contribution in [3.05, 3.63) is 30.1 Å². The van der Waals surface area contributed by atoms with Crippen LogP contribution in [0.5, 0.6) is 0 Å². The number of hydrogen-bond donors (Lipinski definition) is 2. The number of H-pyrrole nitrogens is 1. The molecule has 19 heavy (non-hydrogen) atoms. The van der Waals surface area contributed by atoms with E-state index in [2.05, 4.69) is 9.97 Å². The van der Waals surface area contributed by atoms with Gasteiger partial charge in [-0.05, 0) is 32.0 Å². The molecule has 0 saturated carbocycles. The number of nitrogens with one attached hydrogen (secondary N) is 1. The number of hydrogen-bond acceptors (Lipinski definition) is 3. The van der Waals surface area contributed by atoms with Crippen LogP contribution in [-0.4, -0.2) is 44.4 Å². The van der Waals surface area contributed by atoms with E-state index in [9.17, 15) is 9.59 Å². The Labute approximate surface area is 110 Å². The first-order valence-electron chi connectivity index (χ1n) is 5.95. The predicted octanol–water partition coefficient (Wildman–Crippen LogP) is 1.50. The lowest BCUT2D eigenvalue weighted by Crippen LogP contribution is -2.40. The highest BCUT2D eigenvalue weighted by Gasteiger charge is 2.21. The van der Waals surface area contributed by atoms with Crippen LogP contribution in [0.15, 0.2) is 24.5 Å². The number of fused-ring (bicyclic) bond motifs is 1. The molecule has 0 spiro atoms. The van der Waals surface area contributed by atoms with Gasteiger partial charge in [0.1, 0.15) is 6.54 Å². The number of aliphatic carboxylic acids is 1. The van der Waals surface area contributed by atoms with Crippen molar-refractivity contribution in [1.29, 1.82) is 0 Å². The molecule has 6 nitrogen and oxygen atoms in total. The first-order chi connectivity index (χ1) is 8.99. The fourth-order valence-electron chi connectivity index (χ4n) is 1.87. The van der Waals surface area contributed by atoms with Crippen LogP contribution in [0.2, 0.25) is 0 Å². The molecule has 0 unspecified atom stereocenters. The summed E-state index contributed by atoms with van der Waals surface area (Å²) in [7, 11) is 0. The monoisotopic (exact) mass is 261 g/mol. The molecule has 6 heteroatoms. The number of carboxylic acids is 1. The summed E-state index contributed by atoms with van der Waals surface area (Å²) in [5.41, 5.74) is 1.97. The topological polar surface area (TPSA) is 86.3 Å². The number of aromatic amines is 1. The quantitative estimate of drug-likeness (QED) is 0.873. The number of carbonyl (C=O) groups is 2. The molecule has 0 aliphatic rings. The largest absolute Gasteiger partial charge is 0.480 e. The summed E-state index contributed by atoms with van der Waals surface area (Å²) < 4.78 is 0. The molecule has 100 valence electrons. The summed E-state index contributed by atoms with van der Waals surface area (Å²) in [5.74, 6) is -1.32. The third kappa shape index (κ3) is 2.73. The van der Waals surface area contributed by atoms with E-state index in [0.717, 1.165) is 11.0 Å². The van der Waals surface area contributed by atoms with Crippen LogP contribution in [0, 0.1) is 0 Å². The van der Waals surface area contributed by atoms with E-state index in [4.69, 9.17) is 5.11 Å². The normalized spacial score (nSPS) is 10.9. The Balaban J connectivity index is 2.32. The summed E-state index contributed by atoms with van der Waals surface area (Å²) in [6, 6.07) is 4.89. The highest BCUT2D eigenvalue weighted by Crippen LogP contribution is 2.14. The molecule has 1 heterocycles. The first kappa shape index (κ1) is 13.1. The second-order valence-electron chi connectivity index (χ2n) is 4.56. The first-order valence-corrected chi connectivity index (χ1v) is 5.95. The van der Waals surface area contributed by atoms with Crippen molar-refractivity contribution in [2.24, 2.45) is 0 Å². The highest BCUT2D eigenvalue weighted by atomic mass is 16.4. The van der Waals surface area contributed by atoms with Crippen LogP contribution >= 0.6 is 0 Å². The molecule has 0 fully saturated rings. The molecule has 0 saturated heterocycles. The molecular formula is C13H15N3O3. The van der Waals surface area contributed by atoms with E-state index in [1.165, 1.54) is 4.90 Å². The summed E-state index contributed by atoms with van der Waals surface area (Å²) >= 11 is 0. The predicted molar refractivity (Wildman–Crippen MR) is 69.9 cm³/mol. The zero-order valence-corrected chi connectivity index (χ0v) is 10.8. The van der Waals surface area contributed by atoms with E-state index in [-0.39, 0.29) is 18.5 Å². The maximum absolute atomic E-state index is 12.3. The second-order valence-corrected chi connectivity index (χ2v) is 4.56. The molecule has 2 aromatic rings. The minimum atomic E-state index is -1.02. The minimum Gasteiger partial charge on any atom is -0.480 e. The summed E-state index contributed by atoms with van der Waals surface area (Å²) in [6.45, 7) is 3.27. The fourth-order valence-corrected chi connectivity index (χ4v) is 1.87. The molecule has 0 radical (unpaired) electrons. The van der Waals surface area contributed by atoms with Crippen molar-refractivity contribution in [3.8, 4) is 0 Å². The van der Waals surface area contributed by atoms with Crippen LogP contribution in [-0.2, 0) is 4.79 Å². The number of carbonyl (C=O) groups excluding carboxylic acids is 1. The molecule has 0 bridgehead atoms. The van der Waals surface area contributed by atoms with Gasteiger partial charge in [-0.2, -0.15) is 0 Å². The van der Waals surface area contributed by atoms with Gasteiger partial charge in [-0.25, -0.2) is 4.98 Å². The highest BCUT2D eigenvalue weighted by molar-refractivity contribution is 5.98. The van der Waals surface area contributed by atoms with E-state index in [1.54, 1.807) is 38.4 Å². The molecular weight excluding hydrogens is 246 g/mol. The van der Waals surface area contributed by atoms with E-state index in [1.807, 2.05) is 0 Å². The van der Waals surface area contributed by atoms with Crippen molar-refractivity contribution in [1.82, 2.24) is 14.9 Å². The Hall–Kier alpha value is -2.37. The lowest BCUT2D eigenvalue weighted by atomic mass is 10.1. The van der Waals surface area contributed by atoms with Crippen molar-refractivity contribution < 1.29 is 14.7 Å². The number of benzene rings is 1. The molecule has 1 aromatic carbocycles. The Morgan fingerprint density at radius 2 is 2.16 bits per heavy atom. The van der Waals surface area contributed by atoms with Crippen LogP contribution in [0.25, 0.3) is 11.0 Å². The van der Waals surface area contributed by atoms with E-state index < -0.39 is 5.97 Å². The van der Waals surface area contributed by atoms with Gasteiger partial charge in [0.2, 0.25) is 0 Å². The molecule has 1 aromatic heterocycles. The van der Waals surface area contributed by atoms with Gasteiger partial charge in [0.25, 0.3) is 5.91 Å². The van der Waals surface area contributed by atoms with Crippen molar-refractivity contribution in [2.75, 3.05) is 6.54 Å². The lowest BCUT2D eigenvalue weighted by molar-refractivity contribution is -0.138. The smallest absolute Gasteiger partial charge is 0.323 e. The minimum absolute atomic E-state index is 0.180. The maximum Gasteiger partial charge on any atom is 0.323 e. The summed E-state index contributed by atoms with van der Waals surface area (Å²) in [4.78, 5) is 31.4. The molecule has 0 aliphatic carbocycles. The zero-order valence-electron chi connectivity index (χ0n) is 10.8. The summed E-state index contributed by atoms with van der Waals surface area (Å²) in [5, 5.41) is 8.86. The Kier molecular flexibility index (Phi) is 3.50. The van der Waals surface area contributed by atoms with Crippen molar-refractivity contribution in [3.63, 3.8) is 0 Å². The second kappa shape index (κ2) is 5.09. The number of aromatic nitrogens is 2. The van der Waals surface area contributed by atoms with E-state index >= 15 is 0 Å². The van der Waals surface area contributed by atoms with Gasteiger partial charge >= 0.3 is 5.97 Å². The standard InChI is InChI=1S/C13H15N3O3/c1-8(2)16(6-12(17)18)13(19)9-3-4-10-11(5-9)15-7-14-10/h3-5,7-8H,6H2,1-2H3,(H,14,15)(H,17,18). The van der Waals surface area contributed by atoms with Crippen molar-refractivity contribution >= 4 is 22.9 Å². The zero-order chi connectivity index (χ0) is 14.0. The lowest BCUT2D eigenvalue weighted by Gasteiger charge is -2.24. The Bertz CT molecular complexity index is 618. The number of nitrogens with zero attached hydrogens (tertiary/aromatic N) is 2. The SMILES string of the molecule is CC(C)N(CC(=O)O)C(=O)c1ccc2nc[nH]c2c1. The third-order valence-electron chi connectivity index (χ3n) is 2.86. The van der Waals surface area contributed by atoms with Crippen LogP contribution in [0.3, 0.4) is 0 Å². The van der Waals surface area contributed by atoms with Crippen LogP contribution in [0.1, 0.15) is 24.2 Å². The van der Waals surface area contributed by atoms with Gasteiger partial charge in [0.15, 0.2) is 0 Å². The molecule has 1 amide bonds. The van der Waals surface area contributed by atoms with Gasteiger partial charge in [-0.3, -0.25) is 9.59 Å². The number of rotatable bonds is 4. The van der Waals surface area contributed by atoms with Gasteiger partial charge in [0.05, 0.1) is 17.4 Å². The fraction of sp³-hybridized carbons (Fsp3) is 0.308. The van der Waals surface area contributed by atoms with Gasteiger partial charge in [-0.1, -0.05) is 0 Å². The van der Waals surface area contributed by atoms with Gasteiger partial charge in [-0.15, -0.1) is 0 Å². The molecule has 0 aliphatic heterocycles. The number of carboxylic acid groups (broad SMARTS) is 1. The molecule has 0 atom stereocenters. The average Bonchev–Trinajstić information content (AvgIpc) is 2.81.